The number of oxazole rings is 1. The van der Waals surface area contributed by atoms with E-state index in [0.717, 1.165) is 56.8 Å². The first-order valence-electron chi connectivity index (χ1n) is 10.4. The summed E-state index contributed by atoms with van der Waals surface area (Å²) in [6.45, 7) is 13.4. The first-order chi connectivity index (χ1) is 14.1. The van der Waals surface area contributed by atoms with Crippen molar-refractivity contribution in [2.24, 2.45) is 4.99 Å². The van der Waals surface area contributed by atoms with Crippen molar-refractivity contribution in [3.63, 3.8) is 0 Å². The topological polar surface area (TPSA) is 74.9 Å². The average Bonchev–Trinajstić information content (AvgIpc) is 3.05. The smallest absolute Gasteiger partial charge is 0.216 e. The van der Waals surface area contributed by atoms with E-state index in [1.54, 1.807) is 0 Å². The van der Waals surface area contributed by atoms with Gasteiger partial charge in [0.05, 0.1) is 24.9 Å². The van der Waals surface area contributed by atoms with Gasteiger partial charge in [-0.1, -0.05) is 29.8 Å². The van der Waals surface area contributed by atoms with Crippen molar-refractivity contribution >= 4 is 5.96 Å². The summed E-state index contributed by atoms with van der Waals surface area (Å²) in [4.78, 5) is 11.6. The van der Waals surface area contributed by atoms with E-state index in [9.17, 15) is 0 Å². The fourth-order valence-corrected chi connectivity index (χ4v) is 3.42. The Bertz CT molecular complexity index is 775. The summed E-state index contributed by atoms with van der Waals surface area (Å²) >= 11 is 0. The quantitative estimate of drug-likeness (QED) is 0.551. The molecule has 1 aromatic carbocycles. The first kappa shape index (κ1) is 21.3. The van der Waals surface area contributed by atoms with Gasteiger partial charge in [0.1, 0.15) is 12.3 Å². The van der Waals surface area contributed by atoms with Crippen LogP contribution in [-0.4, -0.2) is 55.2 Å². The molecule has 7 nitrogen and oxygen atoms in total. The monoisotopic (exact) mass is 399 g/mol. The number of guanidine groups is 1. The predicted molar refractivity (Wildman–Crippen MR) is 115 cm³/mol. The SMILES string of the molecule is CCNC(=NCc1nc(C)c(C)o1)NCC(c1ccc(C)cc1)N1CCOCC1. The maximum absolute atomic E-state index is 5.65. The van der Waals surface area contributed by atoms with Crippen molar-refractivity contribution in [2.45, 2.75) is 40.3 Å². The fraction of sp³-hybridized carbons (Fsp3) is 0.545. The molecule has 0 saturated carbocycles. The van der Waals surface area contributed by atoms with E-state index < -0.39 is 0 Å². The largest absolute Gasteiger partial charge is 0.444 e. The highest BCUT2D eigenvalue weighted by Gasteiger charge is 2.23. The normalized spacial score (nSPS) is 16.6. The van der Waals surface area contributed by atoms with Crippen LogP contribution in [0.1, 0.15) is 41.4 Å². The number of ether oxygens (including phenoxy) is 1. The molecule has 1 unspecified atom stereocenters. The van der Waals surface area contributed by atoms with Gasteiger partial charge >= 0.3 is 0 Å². The van der Waals surface area contributed by atoms with Gasteiger partial charge in [0.25, 0.3) is 0 Å². The lowest BCUT2D eigenvalue weighted by molar-refractivity contribution is 0.0170. The number of hydrogen-bond donors (Lipinski definition) is 2. The molecule has 29 heavy (non-hydrogen) atoms. The third-order valence-electron chi connectivity index (χ3n) is 5.20. The minimum atomic E-state index is 0.259. The Balaban J connectivity index is 1.70. The zero-order chi connectivity index (χ0) is 20.6. The molecule has 1 fully saturated rings. The minimum Gasteiger partial charge on any atom is -0.444 e. The van der Waals surface area contributed by atoms with Crippen LogP contribution in [0.3, 0.4) is 0 Å². The molecule has 2 aromatic rings. The number of hydrogen-bond acceptors (Lipinski definition) is 5. The van der Waals surface area contributed by atoms with Gasteiger partial charge in [-0.25, -0.2) is 9.98 Å². The first-order valence-corrected chi connectivity index (χ1v) is 10.4. The van der Waals surface area contributed by atoms with Crippen LogP contribution in [0.4, 0.5) is 0 Å². The summed E-state index contributed by atoms with van der Waals surface area (Å²) in [5, 5.41) is 6.83. The van der Waals surface area contributed by atoms with Gasteiger partial charge in [-0.2, -0.15) is 0 Å². The minimum absolute atomic E-state index is 0.259. The summed E-state index contributed by atoms with van der Waals surface area (Å²) in [6, 6.07) is 9.05. The van der Waals surface area contributed by atoms with Crippen molar-refractivity contribution in [2.75, 3.05) is 39.4 Å². The molecular formula is C22H33N5O2. The molecule has 1 aliphatic heterocycles. The lowest BCUT2D eigenvalue weighted by Gasteiger charge is -2.35. The molecule has 1 aliphatic rings. The highest BCUT2D eigenvalue weighted by molar-refractivity contribution is 5.79. The number of aromatic nitrogens is 1. The molecule has 0 spiro atoms. The van der Waals surface area contributed by atoms with E-state index >= 15 is 0 Å². The summed E-state index contributed by atoms with van der Waals surface area (Å²) in [6.07, 6.45) is 0. The molecule has 0 radical (unpaired) electrons. The number of aryl methyl sites for hydroxylation is 3. The van der Waals surface area contributed by atoms with Gasteiger partial charge in [-0.3, -0.25) is 4.90 Å². The van der Waals surface area contributed by atoms with E-state index in [4.69, 9.17) is 9.15 Å². The third kappa shape index (κ3) is 6.05. The number of morpholine rings is 1. The second-order valence-electron chi connectivity index (χ2n) is 7.40. The molecule has 158 valence electrons. The average molecular weight is 400 g/mol. The Kier molecular flexibility index (Phi) is 7.66. The highest BCUT2D eigenvalue weighted by Crippen LogP contribution is 2.21. The van der Waals surface area contributed by atoms with Gasteiger partial charge in [0.2, 0.25) is 5.89 Å². The van der Waals surface area contributed by atoms with Crippen LogP contribution >= 0.6 is 0 Å². The number of rotatable bonds is 7. The molecule has 0 bridgehead atoms. The van der Waals surface area contributed by atoms with E-state index in [1.807, 2.05) is 13.8 Å². The Morgan fingerprint density at radius 3 is 2.48 bits per heavy atom. The Hall–Kier alpha value is -2.38. The summed E-state index contributed by atoms with van der Waals surface area (Å²) < 4.78 is 11.2. The van der Waals surface area contributed by atoms with Crippen molar-refractivity contribution in [3.8, 4) is 0 Å². The zero-order valence-corrected chi connectivity index (χ0v) is 18.0. The molecule has 0 amide bonds. The number of nitrogens with zero attached hydrogens (tertiary/aromatic N) is 3. The van der Waals surface area contributed by atoms with Crippen LogP contribution in [0, 0.1) is 20.8 Å². The standard InChI is InChI=1S/C22H33N5O2/c1-5-23-22(25-15-21-26-17(3)18(4)29-21)24-14-20(27-10-12-28-13-11-27)19-8-6-16(2)7-9-19/h6-9,20H,5,10-15H2,1-4H3,(H2,23,24,25). The van der Waals surface area contributed by atoms with Crippen LogP contribution < -0.4 is 10.6 Å². The second kappa shape index (κ2) is 10.4. The van der Waals surface area contributed by atoms with Crippen LogP contribution in [0.15, 0.2) is 33.7 Å². The number of benzene rings is 1. The Morgan fingerprint density at radius 1 is 1.14 bits per heavy atom. The molecule has 1 saturated heterocycles. The van der Waals surface area contributed by atoms with E-state index in [1.165, 1.54) is 11.1 Å². The highest BCUT2D eigenvalue weighted by atomic mass is 16.5. The van der Waals surface area contributed by atoms with Crippen molar-refractivity contribution in [3.05, 3.63) is 52.7 Å². The Labute approximate surface area is 173 Å². The van der Waals surface area contributed by atoms with E-state index in [-0.39, 0.29) is 6.04 Å². The fourth-order valence-electron chi connectivity index (χ4n) is 3.42. The third-order valence-corrected chi connectivity index (χ3v) is 5.20. The predicted octanol–water partition coefficient (Wildman–Crippen LogP) is 2.73. The lowest BCUT2D eigenvalue weighted by atomic mass is 10.0. The van der Waals surface area contributed by atoms with Crippen LogP contribution in [0.25, 0.3) is 0 Å². The van der Waals surface area contributed by atoms with Gasteiger partial charge in [-0.15, -0.1) is 0 Å². The second-order valence-corrected chi connectivity index (χ2v) is 7.40. The molecule has 2 heterocycles. The molecule has 3 rings (SSSR count). The molecular weight excluding hydrogens is 366 g/mol. The number of nitrogens with one attached hydrogen (secondary N) is 2. The number of aliphatic imine (C=N–C) groups is 1. The van der Waals surface area contributed by atoms with Crippen molar-refractivity contribution in [1.82, 2.24) is 20.5 Å². The summed E-state index contributed by atoms with van der Waals surface area (Å²) in [7, 11) is 0. The molecule has 1 atom stereocenters. The molecule has 2 N–H and O–H groups in total. The summed E-state index contributed by atoms with van der Waals surface area (Å²) in [5.41, 5.74) is 3.49. The van der Waals surface area contributed by atoms with Crippen LogP contribution in [0.5, 0.6) is 0 Å². The van der Waals surface area contributed by atoms with Crippen molar-refractivity contribution in [1.29, 1.82) is 0 Å². The van der Waals surface area contributed by atoms with E-state index in [2.05, 4.69) is 63.6 Å². The van der Waals surface area contributed by atoms with Crippen LogP contribution in [-0.2, 0) is 11.3 Å². The maximum Gasteiger partial charge on any atom is 0.216 e. The Morgan fingerprint density at radius 2 is 1.86 bits per heavy atom. The maximum atomic E-state index is 5.65. The molecule has 1 aromatic heterocycles. The molecule has 0 aliphatic carbocycles. The van der Waals surface area contributed by atoms with Gasteiger partial charge in [-0.05, 0) is 33.3 Å². The lowest BCUT2D eigenvalue weighted by Crippen LogP contribution is -2.46. The van der Waals surface area contributed by atoms with E-state index in [0.29, 0.717) is 12.4 Å². The van der Waals surface area contributed by atoms with Crippen molar-refractivity contribution < 1.29 is 9.15 Å². The van der Waals surface area contributed by atoms with Crippen LogP contribution in [0.2, 0.25) is 0 Å². The van der Waals surface area contributed by atoms with Gasteiger partial charge < -0.3 is 19.8 Å². The van der Waals surface area contributed by atoms with Gasteiger partial charge in [0, 0.05) is 26.2 Å². The van der Waals surface area contributed by atoms with Gasteiger partial charge in [0.15, 0.2) is 5.96 Å². The summed E-state index contributed by atoms with van der Waals surface area (Å²) in [5.74, 6) is 2.26. The zero-order valence-electron chi connectivity index (χ0n) is 18.0. The molecule has 7 heteroatoms.